The van der Waals surface area contributed by atoms with Gasteiger partial charge in [0.05, 0.1) is 11.3 Å². The van der Waals surface area contributed by atoms with Gasteiger partial charge in [-0.15, -0.1) is 0 Å². The van der Waals surface area contributed by atoms with Crippen LogP contribution in [0.5, 0.6) is 0 Å². The van der Waals surface area contributed by atoms with E-state index in [1.165, 1.54) is 0 Å². The normalized spacial score (nSPS) is 29.6. The molecule has 3 heteroatoms. The van der Waals surface area contributed by atoms with Crippen LogP contribution in [0.3, 0.4) is 0 Å². The van der Waals surface area contributed by atoms with E-state index in [0.29, 0.717) is 5.03 Å². The van der Waals surface area contributed by atoms with E-state index in [1.54, 1.807) is 18.4 Å². The molecular formula is C9H12Cl2O. The summed E-state index contributed by atoms with van der Waals surface area (Å²) in [6, 6.07) is 0. The maximum absolute atomic E-state index is 6.23. The van der Waals surface area contributed by atoms with Crippen molar-refractivity contribution >= 4 is 23.2 Å². The van der Waals surface area contributed by atoms with E-state index in [1.807, 2.05) is 20.8 Å². The Morgan fingerprint density at radius 3 is 2.33 bits per heavy atom. The van der Waals surface area contributed by atoms with Crippen LogP contribution in [-0.2, 0) is 4.74 Å². The summed E-state index contributed by atoms with van der Waals surface area (Å²) in [5.74, 6) is 0. The number of allylic oxidation sites excluding steroid dienone is 2. The fourth-order valence-corrected chi connectivity index (χ4v) is 1.47. The Bertz CT molecular complexity index is 237. The van der Waals surface area contributed by atoms with Crippen LogP contribution in [0.2, 0.25) is 0 Å². The summed E-state index contributed by atoms with van der Waals surface area (Å²) in [4.78, 5) is 0. The molecule has 0 spiro atoms. The lowest BCUT2D eigenvalue weighted by Gasteiger charge is -2.39. The van der Waals surface area contributed by atoms with Crippen molar-refractivity contribution in [1.29, 1.82) is 0 Å². The molecule has 0 aliphatic carbocycles. The molecular weight excluding hydrogens is 195 g/mol. The molecule has 1 nitrogen and oxygen atoms in total. The lowest BCUT2D eigenvalue weighted by atomic mass is 9.87. The molecule has 0 N–H and O–H groups in total. The maximum Gasteiger partial charge on any atom is 0.222 e. The number of hydrogen-bond acceptors (Lipinski definition) is 1. The molecule has 0 saturated carbocycles. The molecule has 0 fully saturated rings. The van der Waals surface area contributed by atoms with Crippen LogP contribution in [0.15, 0.2) is 23.4 Å². The number of hydrogen-bond donors (Lipinski definition) is 0. The molecule has 0 radical (unpaired) electrons. The van der Waals surface area contributed by atoms with Gasteiger partial charge in [-0.3, -0.25) is 0 Å². The van der Waals surface area contributed by atoms with Crippen molar-refractivity contribution in [3.8, 4) is 0 Å². The maximum atomic E-state index is 6.23. The number of alkyl halides is 1. The van der Waals surface area contributed by atoms with E-state index < -0.39 is 5.06 Å². The topological polar surface area (TPSA) is 9.23 Å². The first-order chi connectivity index (χ1) is 5.38. The second-order valence-electron chi connectivity index (χ2n) is 3.81. The minimum atomic E-state index is -0.913. The van der Waals surface area contributed by atoms with Crippen LogP contribution in [0.1, 0.15) is 20.8 Å². The van der Waals surface area contributed by atoms with E-state index in [2.05, 4.69) is 0 Å². The number of ether oxygens (including phenoxy) is 1. The van der Waals surface area contributed by atoms with Crippen molar-refractivity contribution in [2.24, 2.45) is 5.41 Å². The van der Waals surface area contributed by atoms with Gasteiger partial charge in [0.1, 0.15) is 0 Å². The first-order valence-electron chi connectivity index (χ1n) is 3.77. The highest BCUT2D eigenvalue weighted by molar-refractivity contribution is 6.39. The van der Waals surface area contributed by atoms with Crippen molar-refractivity contribution < 1.29 is 4.74 Å². The fourth-order valence-electron chi connectivity index (χ4n) is 0.955. The minimum Gasteiger partial charge on any atom is -0.474 e. The summed E-state index contributed by atoms with van der Waals surface area (Å²) in [5, 5.41) is -0.386. The zero-order chi connectivity index (χ0) is 9.41. The van der Waals surface area contributed by atoms with Gasteiger partial charge in [-0.2, -0.15) is 0 Å². The van der Waals surface area contributed by atoms with E-state index in [9.17, 15) is 0 Å². The summed E-state index contributed by atoms with van der Waals surface area (Å²) < 4.78 is 5.33. The SMILES string of the molecule is CC(C)(C)C1(Cl)OC=CC=C1Cl. The number of rotatable bonds is 0. The molecule has 1 rings (SSSR count). The Morgan fingerprint density at radius 2 is 2.00 bits per heavy atom. The molecule has 0 bridgehead atoms. The Hall–Kier alpha value is -0.140. The molecule has 68 valence electrons. The van der Waals surface area contributed by atoms with Crippen LogP contribution in [0.25, 0.3) is 0 Å². The predicted molar refractivity (Wildman–Crippen MR) is 52.2 cm³/mol. The second kappa shape index (κ2) is 2.97. The largest absolute Gasteiger partial charge is 0.474 e. The van der Waals surface area contributed by atoms with Gasteiger partial charge in [-0.05, 0) is 12.2 Å². The van der Waals surface area contributed by atoms with Gasteiger partial charge in [-0.25, -0.2) is 0 Å². The quantitative estimate of drug-likeness (QED) is 0.551. The highest BCUT2D eigenvalue weighted by Gasteiger charge is 2.45. The van der Waals surface area contributed by atoms with Gasteiger partial charge in [0.25, 0.3) is 0 Å². The van der Waals surface area contributed by atoms with E-state index in [0.717, 1.165) is 0 Å². The molecule has 1 aliphatic rings. The van der Waals surface area contributed by atoms with Gasteiger partial charge >= 0.3 is 0 Å². The first-order valence-corrected chi connectivity index (χ1v) is 4.53. The van der Waals surface area contributed by atoms with E-state index in [4.69, 9.17) is 27.9 Å². The average molecular weight is 207 g/mol. The van der Waals surface area contributed by atoms with Crippen molar-refractivity contribution in [1.82, 2.24) is 0 Å². The van der Waals surface area contributed by atoms with E-state index >= 15 is 0 Å². The number of halogens is 2. The molecule has 0 aromatic rings. The summed E-state index contributed by atoms with van der Waals surface area (Å²) >= 11 is 12.2. The van der Waals surface area contributed by atoms with Gasteiger partial charge in [0, 0.05) is 5.41 Å². The lowest BCUT2D eigenvalue weighted by Crippen LogP contribution is -2.40. The Labute approximate surface area is 83.0 Å². The smallest absolute Gasteiger partial charge is 0.222 e. The molecule has 12 heavy (non-hydrogen) atoms. The Kier molecular flexibility index (Phi) is 2.46. The summed E-state index contributed by atoms with van der Waals surface area (Å²) in [6.07, 6.45) is 5.04. The monoisotopic (exact) mass is 206 g/mol. The Morgan fingerprint density at radius 1 is 1.42 bits per heavy atom. The van der Waals surface area contributed by atoms with Gasteiger partial charge in [0.2, 0.25) is 5.06 Å². The molecule has 1 aliphatic heterocycles. The highest BCUT2D eigenvalue weighted by Crippen LogP contribution is 2.46. The molecule has 0 saturated heterocycles. The molecule has 1 unspecified atom stereocenters. The van der Waals surface area contributed by atoms with Crippen LogP contribution in [0.4, 0.5) is 0 Å². The van der Waals surface area contributed by atoms with E-state index in [-0.39, 0.29) is 5.41 Å². The molecule has 0 aromatic heterocycles. The molecule has 0 aromatic carbocycles. The first kappa shape index (κ1) is 9.94. The van der Waals surface area contributed by atoms with Crippen molar-refractivity contribution in [3.05, 3.63) is 23.4 Å². The zero-order valence-corrected chi connectivity index (χ0v) is 8.91. The van der Waals surface area contributed by atoms with Gasteiger partial charge < -0.3 is 4.74 Å². The molecule has 1 atom stereocenters. The zero-order valence-electron chi connectivity index (χ0n) is 7.40. The van der Waals surface area contributed by atoms with Crippen molar-refractivity contribution in [3.63, 3.8) is 0 Å². The van der Waals surface area contributed by atoms with Crippen molar-refractivity contribution in [2.75, 3.05) is 0 Å². The van der Waals surface area contributed by atoms with Crippen molar-refractivity contribution in [2.45, 2.75) is 25.8 Å². The standard InChI is InChI=1S/C9H12Cl2O/c1-8(2,3)9(11)7(10)5-4-6-12-9/h4-6H,1-3H3. The molecule has 1 heterocycles. The third-order valence-electron chi connectivity index (χ3n) is 1.82. The second-order valence-corrected chi connectivity index (χ2v) is 4.75. The summed E-state index contributed by atoms with van der Waals surface area (Å²) in [6.45, 7) is 5.94. The average Bonchev–Trinajstić information content (AvgIpc) is 1.93. The van der Waals surface area contributed by atoms with Crippen LogP contribution in [-0.4, -0.2) is 5.06 Å². The highest BCUT2D eigenvalue weighted by atomic mass is 35.5. The Balaban J connectivity index is 3.01. The molecule has 0 amide bonds. The summed E-state index contributed by atoms with van der Waals surface area (Å²) in [7, 11) is 0. The van der Waals surface area contributed by atoms with Gasteiger partial charge in [-0.1, -0.05) is 44.0 Å². The lowest BCUT2D eigenvalue weighted by molar-refractivity contribution is 0.0393. The third-order valence-corrected chi connectivity index (χ3v) is 3.17. The van der Waals surface area contributed by atoms with Crippen LogP contribution in [0, 0.1) is 5.41 Å². The van der Waals surface area contributed by atoms with Crippen LogP contribution >= 0.6 is 23.2 Å². The van der Waals surface area contributed by atoms with Gasteiger partial charge in [0.15, 0.2) is 0 Å². The summed E-state index contributed by atoms with van der Waals surface area (Å²) in [5.41, 5.74) is -0.229. The van der Waals surface area contributed by atoms with Crippen LogP contribution < -0.4 is 0 Å². The third kappa shape index (κ3) is 1.48. The minimum absolute atomic E-state index is 0.229. The fraction of sp³-hybridized carbons (Fsp3) is 0.556. The predicted octanol–water partition coefficient (Wildman–Crippen LogP) is 3.63.